The van der Waals surface area contributed by atoms with Crippen molar-refractivity contribution in [2.24, 2.45) is 0 Å². The molecule has 1 saturated heterocycles. The largest absolute Gasteiger partial charge is 0.0935 e. The average Bonchev–Trinajstić information content (AvgIpc) is 2.21. The third-order valence-corrected chi connectivity index (χ3v) is 4.99. The van der Waals surface area contributed by atoms with Crippen LogP contribution in [-0.4, -0.2) is 24.6 Å². The molecule has 1 aromatic carbocycles. The average molecular weight is 204 g/mol. The molecule has 2 rings (SSSR count). The van der Waals surface area contributed by atoms with Gasteiger partial charge in [-0.15, -0.1) is 0 Å². The van der Waals surface area contributed by atoms with E-state index in [0.717, 1.165) is 5.25 Å². The van der Waals surface area contributed by atoms with Crippen molar-refractivity contribution in [3.05, 3.63) is 35.9 Å². The first kappa shape index (κ1) is 11.6. The number of rotatable bonds is 1. The molecular weight excluding hydrogens is 191 g/mol. The molecule has 0 nitrogen and oxygen atoms in total. The molecule has 13 heavy (non-hydrogen) atoms. The second-order valence-electron chi connectivity index (χ2n) is 2.96. The molecule has 1 heterocycles. The van der Waals surface area contributed by atoms with Gasteiger partial charge in [-0.25, -0.2) is 0 Å². The summed E-state index contributed by atoms with van der Waals surface area (Å²) in [6, 6.07) is 10.8. The van der Waals surface area contributed by atoms with Crippen molar-refractivity contribution in [1.29, 1.82) is 0 Å². The van der Waals surface area contributed by atoms with Gasteiger partial charge in [0.25, 0.3) is 0 Å². The Labute approximate surface area is 99.8 Å². The summed E-state index contributed by atoms with van der Waals surface area (Å²) in [6.07, 6.45) is 2.72. The summed E-state index contributed by atoms with van der Waals surface area (Å²) >= 11 is 0. The Bertz CT molecular complexity index is 232. The molecule has 0 radical (unpaired) electrons. The van der Waals surface area contributed by atoms with Crippen LogP contribution in [0.4, 0.5) is 0 Å². The van der Waals surface area contributed by atoms with Gasteiger partial charge in [-0.05, 0) is 18.4 Å². The van der Waals surface area contributed by atoms with E-state index in [4.69, 9.17) is 0 Å². The SMILES string of the molecule is [LiH].c1ccc(C2CCCSS2)cc1. The molecule has 0 aliphatic carbocycles. The van der Waals surface area contributed by atoms with Gasteiger partial charge in [0, 0.05) is 11.0 Å². The molecule has 0 saturated carbocycles. The van der Waals surface area contributed by atoms with Gasteiger partial charge in [0.05, 0.1) is 0 Å². The first-order valence-electron chi connectivity index (χ1n) is 4.30. The van der Waals surface area contributed by atoms with Gasteiger partial charge in [0.2, 0.25) is 0 Å². The zero-order valence-electron chi connectivity index (χ0n) is 6.90. The van der Waals surface area contributed by atoms with Gasteiger partial charge in [0.1, 0.15) is 0 Å². The van der Waals surface area contributed by atoms with Gasteiger partial charge in [-0.3, -0.25) is 0 Å². The van der Waals surface area contributed by atoms with Crippen LogP contribution in [0.25, 0.3) is 0 Å². The normalized spacial score (nSPS) is 22.0. The molecule has 1 aromatic rings. The first-order valence-corrected chi connectivity index (χ1v) is 6.68. The van der Waals surface area contributed by atoms with Crippen molar-refractivity contribution in [2.45, 2.75) is 18.1 Å². The van der Waals surface area contributed by atoms with E-state index in [9.17, 15) is 0 Å². The zero-order valence-corrected chi connectivity index (χ0v) is 8.53. The minimum Gasteiger partial charge on any atom is -0.0935 e. The van der Waals surface area contributed by atoms with Gasteiger partial charge in [-0.2, -0.15) is 0 Å². The molecular formula is C10H13LiS2. The van der Waals surface area contributed by atoms with Gasteiger partial charge in [0.15, 0.2) is 0 Å². The molecule has 3 heteroatoms. The third kappa shape index (κ3) is 3.29. The van der Waals surface area contributed by atoms with Crippen LogP contribution in [0.1, 0.15) is 23.7 Å². The van der Waals surface area contributed by atoms with E-state index in [0.29, 0.717) is 0 Å². The Balaban J connectivity index is 0.000000845. The number of hydrogen-bond acceptors (Lipinski definition) is 2. The van der Waals surface area contributed by atoms with Crippen LogP contribution in [0.5, 0.6) is 0 Å². The summed E-state index contributed by atoms with van der Waals surface area (Å²) < 4.78 is 0. The van der Waals surface area contributed by atoms with Crippen LogP contribution in [-0.2, 0) is 0 Å². The number of hydrogen-bond donors (Lipinski definition) is 0. The number of benzene rings is 1. The van der Waals surface area contributed by atoms with E-state index in [2.05, 4.69) is 30.3 Å². The summed E-state index contributed by atoms with van der Waals surface area (Å²) in [5.74, 6) is 1.33. The Morgan fingerprint density at radius 3 is 2.54 bits per heavy atom. The van der Waals surface area contributed by atoms with Crippen LogP contribution < -0.4 is 0 Å². The predicted molar refractivity (Wildman–Crippen MR) is 65.6 cm³/mol. The summed E-state index contributed by atoms with van der Waals surface area (Å²) in [7, 11) is 4.05. The Kier molecular flexibility index (Phi) is 5.43. The monoisotopic (exact) mass is 204 g/mol. The summed E-state index contributed by atoms with van der Waals surface area (Å²) in [4.78, 5) is 0. The first-order chi connectivity index (χ1) is 5.97. The van der Waals surface area contributed by atoms with E-state index in [1.54, 1.807) is 0 Å². The molecule has 1 atom stereocenters. The molecule has 0 N–H and O–H groups in total. The van der Waals surface area contributed by atoms with Gasteiger partial charge in [-0.1, -0.05) is 51.9 Å². The van der Waals surface area contributed by atoms with Crippen LogP contribution in [0.3, 0.4) is 0 Å². The smallest absolute Gasteiger partial charge is 0.0401 e. The summed E-state index contributed by atoms with van der Waals surface area (Å²) in [6.45, 7) is 0. The summed E-state index contributed by atoms with van der Waals surface area (Å²) in [5, 5.41) is 0.741. The molecule has 0 aromatic heterocycles. The predicted octanol–water partition coefficient (Wildman–Crippen LogP) is 3.25. The fourth-order valence-electron chi connectivity index (χ4n) is 1.40. The molecule has 1 unspecified atom stereocenters. The second-order valence-corrected chi connectivity index (χ2v) is 5.65. The van der Waals surface area contributed by atoms with Crippen molar-refractivity contribution >= 4 is 40.4 Å². The molecule has 66 valence electrons. The van der Waals surface area contributed by atoms with Crippen molar-refractivity contribution in [2.75, 3.05) is 5.75 Å². The van der Waals surface area contributed by atoms with E-state index >= 15 is 0 Å². The maximum absolute atomic E-state index is 2.24. The topological polar surface area (TPSA) is 0 Å². The van der Waals surface area contributed by atoms with Crippen molar-refractivity contribution in [3.8, 4) is 0 Å². The van der Waals surface area contributed by atoms with Gasteiger partial charge < -0.3 is 0 Å². The van der Waals surface area contributed by atoms with Gasteiger partial charge >= 0.3 is 18.9 Å². The summed E-state index contributed by atoms with van der Waals surface area (Å²) in [5.41, 5.74) is 1.50. The van der Waals surface area contributed by atoms with E-state index in [1.807, 2.05) is 21.6 Å². The van der Waals surface area contributed by atoms with Crippen molar-refractivity contribution in [1.82, 2.24) is 0 Å². The van der Waals surface area contributed by atoms with Crippen LogP contribution in [0.2, 0.25) is 0 Å². The second kappa shape index (κ2) is 6.09. The van der Waals surface area contributed by atoms with Crippen LogP contribution in [0, 0.1) is 0 Å². The Morgan fingerprint density at radius 1 is 1.15 bits per heavy atom. The molecule has 0 amide bonds. The maximum Gasteiger partial charge on any atom is 0.0401 e. The molecule has 0 bridgehead atoms. The van der Waals surface area contributed by atoms with Crippen molar-refractivity contribution in [3.63, 3.8) is 0 Å². The Hall–Kier alpha value is 0.517. The fraction of sp³-hybridized carbons (Fsp3) is 0.400. The minimum atomic E-state index is 0. The van der Waals surface area contributed by atoms with Crippen LogP contribution in [0.15, 0.2) is 30.3 Å². The fourth-order valence-corrected chi connectivity index (χ4v) is 4.23. The zero-order chi connectivity index (χ0) is 8.23. The third-order valence-electron chi connectivity index (χ3n) is 2.05. The maximum atomic E-state index is 2.24. The Morgan fingerprint density at radius 2 is 1.92 bits per heavy atom. The van der Waals surface area contributed by atoms with E-state index in [-0.39, 0.29) is 18.9 Å². The minimum absolute atomic E-state index is 0. The quantitative estimate of drug-likeness (QED) is 0.508. The molecule has 0 spiro atoms. The standard InChI is InChI=1S/C10H12S2.Li.H/c1-2-5-9(6-3-1)10-7-4-8-11-12-10;;/h1-3,5-6,10H,4,7-8H2;;. The van der Waals surface area contributed by atoms with Crippen LogP contribution >= 0.6 is 21.6 Å². The van der Waals surface area contributed by atoms with E-state index in [1.165, 1.54) is 24.2 Å². The molecule has 1 aliphatic rings. The van der Waals surface area contributed by atoms with Crippen molar-refractivity contribution < 1.29 is 0 Å². The molecule has 1 aliphatic heterocycles. The van der Waals surface area contributed by atoms with E-state index < -0.39 is 0 Å². The molecule has 1 fully saturated rings.